The maximum Gasteiger partial charge on any atom is 0.309 e. The first-order chi connectivity index (χ1) is 14.9. The maximum absolute atomic E-state index is 13.1. The molecule has 1 fully saturated rings. The number of rotatable bonds is 7. The minimum Gasteiger partial charge on any atom is -0.348 e. The van der Waals surface area contributed by atoms with Crippen molar-refractivity contribution in [2.45, 2.75) is 50.1 Å². The minimum atomic E-state index is -3.60. The molecule has 31 heavy (non-hydrogen) atoms. The number of piperidine rings is 1. The van der Waals surface area contributed by atoms with E-state index in [9.17, 15) is 18.0 Å². The highest BCUT2D eigenvalue weighted by molar-refractivity contribution is 7.89. The Bertz CT molecular complexity index is 994. The van der Waals surface area contributed by atoms with E-state index in [0.717, 1.165) is 30.4 Å². The molecule has 0 aliphatic carbocycles. The Morgan fingerprint density at radius 2 is 1.84 bits per heavy atom. The van der Waals surface area contributed by atoms with Gasteiger partial charge in [0.2, 0.25) is 10.0 Å². The second kappa shape index (κ2) is 10.5. The van der Waals surface area contributed by atoms with Crippen LogP contribution in [0.15, 0.2) is 53.7 Å². The molecule has 2 heterocycles. The number of nitrogens with one attached hydrogen (secondary N) is 2. The molecule has 1 atom stereocenters. The Morgan fingerprint density at radius 1 is 1.10 bits per heavy atom. The molecule has 0 radical (unpaired) electrons. The van der Waals surface area contributed by atoms with Gasteiger partial charge in [0.25, 0.3) is 0 Å². The lowest BCUT2D eigenvalue weighted by Gasteiger charge is -2.34. The van der Waals surface area contributed by atoms with E-state index in [4.69, 9.17) is 0 Å². The van der Waals surface area contributed by atoms with Gasteiger partial charge in [-0.2, -0.15) is 4.31 Å². The van der Waals surface area contributed by atoms with Crippen molar-refractivity contribution in [1.29, 1.82) is 0 Å². The minimum absolute atomic E-state index is 0.209. The molecule has 0 bridgehead atoms. The number of nitrogens with zero attached hydrogens (tertiary/aromatic N) is 2. The molecule has 0 spiro atoms. The lowest BCUT2D eigenvalue weighted by molar-refractivity contribution is -0.139. The zero-order chi connectivity index (χ0) is 22.3. The first-order valence-electron chi connectivity index (χ1n) is 10.4. The SMILES string of the molecule is Cc1ccc(S(=O)(=O)N2CCCC[C@H]2CCNC(=O)C(=O)NCc2cccnc2)cc1. The number of sulfonamides is 1. The predicted octanol–water partition coefficient (Wildman–Crippen LogP) is 1.76. The lowest BCUT2D eigenvalue weighted by atomic mass is 10.0. The summed E-state index contributed by atoms with van der Waals surface area (Å²) in [6.45, 7) is 2.81. The highest BCUT2D eigenvalue weighted by Gasteiger charge is 2.33. The van der Waals surface area contributed by atoms with Crippen LogP contribution in [-0.4, -0.2) is 48.7 Å². The molecule has 0 saturated carbocycles. The average Bonchev–Trinajstić information content (AvgIpc) is 2.78. The van der Waals surface area contributed by atoms with Crippen molar-refractivity contribution in [1.82, 2.24) is 19.9 Å². The molecule has 8 nitrogen and oxygen atoms in total. The van der Waals surface area contributed by atoms with Gasteiger partial charge in [-0.25, -0.2) is 8.42 Å². The normalized spacial score (nSPS) is 17.1. The number of hydrogen-bond acceptors (Lipinski definition) is 5. The standard InChI is InChI=1S/C22H28N4O4S/c1-17-7-9-20(10-8-17)31(29,30)26-14-3-2-6-19(26)11-13-24-21(27)22(28)25-16-18-5-4-12-23-15-18/h4-5,7-10,12,15,19H,2-3,6,11,13-14,16H2,1H3,(H,24,27)(H,25,28)/t19-/m0/s1. The number of pyridine rings is 1. The van der Waals surface area contributed by atoms with Crippen LogP contribution in [0.1, 0.15) is 36.8 Å². The van der Waals surface area contributed by atoms with E-state index in [1.54, 1.807) is 48.8 Å². The molecule has 9 heteroatoms. The number of aryl methyl sites for hydroxylation is 1. The predicted molar refractivity (Wildman–Crippen MR) is 116 cm³/mol. The van der Waals surface area contributed by atoms with Crippen LogP contribution in [-0.2, 0) is 26.2 Å². The van der Waals surface area contributed by atoms with Gasteiger partial charge in [-0.1, -0.05) is 30.2 Å². The fraction of sp³-hybridized carbons (Fsp3) is 0.409. The van der Waals surface area contributed by atoms with Crippen molar-refractivity contribution in [3.05, 3.63) is 59.9 Å². The lowest BCUT2D eigenvalue weighted by Crippen LogP contribution is -2.46. The summed E-state index contributed by atoms with van der Waals surface area (Å²) in [5, 5.41) is 5.15. The number of benzene rings is 1. The zero-order valence-electron chi connectivity index (χ0n) is 17.6. The van der Waals surface area contributed by atoms with Gasteiger partial charge < -0.3 is 10.6 Å². The molecule has 166 valence electrons. The van der Waals surface area contributed by atoms with Crippen molar-refractivity contribution in [2.75, 3.05) is 13.1 Å². The smallest absolute Gasteiger partial charge is 0.309 e. The van der Waals surface area contributed by atoms with Gasteiger partial charge in [0, 0.05) is 38.1 Å². The fourth-order valence-corrected chi connectivity index (χ4v) is 5.35. The first kappa shape index (κ1) is 22.9. The highest BCUT2D eigenvalue weighted by atomic mass is 32.2. The van der Waals surface area contributed by atoms with Crippen molar-refractivity contribution < 1.29 is 18.0 Å². The van der Waals surface area contributed by atoms with Gasteiger partial charge in [0.15, 0.2) is 0 Å². The van der Waals surface area contributed by atoms with Gasteiger partial charge in [0.1, 0.15) is 0 Å². The molecular weight excluding hydrogens is 416 g/mol. The summed E-state index contributed by atoms with van der Waals surface area (Å²) in [5.74, 6) is -1.45. The number of aromatic nitrogens is 1. The number of hydrogen-bond donors (Lipinski definition) is 2. The van der Waals surface area contributed by atoms with E-state index >= 15 is 0 Å². The van der Waals surface area contributed by atoms with Gasteiger partial charge in [-0.15, -0.1) is 0 Å². The third-order valence-corrected chi connectivity index (χ3v) is 7.31. The van der Waals surface area contributed by atoms with Crippen LogP contribution < -0.4 is 10.6 Å². The molecule has 1 aromatic carbocycles. The molecule has 1 aliphatic heterocycles. The Balaban J connectivity index is 1.52. The Hall–Kier alpha value is -2.78. The average molecular weight is 445 g/mol. The molecule has 0 unspecified atom stereocenters. The summed E-state index contributed by atoms with van der Waals surface area (Å²) in [5.41, 5.74) is 1.79. The van der Waals surface area contributed by atoms with Crippen molar-refractivity contribution in [2.24, 2.45) is 0 Å². The van der Waals surface area contributed by atoms with Crippen molar-refractivity contribution >= 4 is 21.8 Å². The number of amides is 2. The number of carbonyl (C=O) groups excluding carboxylic acids is 2. The summed E-state index contributed by atoms with van der Waals surface area (Å²) in [6.07, 6.45) is 6.17. The Morgan fingerprint density at radius 3 is 2.55 bits per heavy atom. The summed E-state index contributed by atoms with van der Waals surface area (Å²) < 4.78 is 27.7. The highest BCUT2D eigenvalue weighted by Crippen LogP contribution is 2.27. The van der Waals surface area contributed by atoms with E-state index in [-0.39, 0.29) is 24.0 Å². The van der Waals surface area contributed by atoms with E-state index < -0.39 is 21.8 Å². The van der Waals surface area contributed by atoms with E-state index in [1.165, 1.54) is 4.31 Å². The third kappa shape index (κ3) is 6.11. The fourth-order valence-electron chi connectivity index (χ4n) is 3.62. The molecular formula is C22H28N4O4S. The van der Waals surface area contributed by atoms with Crippen LogP contribution in [0.3, 0.4) is 0 Å². The second-order valence-electron chi connectivity index (χ2n) is 7.67. The maximum atomic E-state index is 13.1. The van der Waals surface area contributed by atoms with E-state index in [2.05, 4.69) is 15.6 Å². The Kier molecular flexibility index (Phi) is 7.75. The topological polar surface area (TPSA) is 108 Å². The van der Waals surface area contributed by atoms with Crippen LogP contribution in [0.5, 0.6) is 0 Å². The zero-order valence-corrected chi connectivity index (χ0v) is 18.4. The molecule has 1 aliphatic rings. The van der Waals surface area contributed by atoms with Crippen LogP contribution in [0.25, 0.3) is 0 Å². The van der Waals surface area contributed by atoms with Crippen molar-refractivity contribution in [3.8, 4) is 0 Å². The Labute approximate surface area is 183 Å². The van der Waals surface area contributed by atoms with Crippen LogP contribution in [0.2, 0.25) is 0 Å². The second-order valence-corrected chi connectivity index (χ2v) is 9.56. The van der Waals surface area contributed by atoms with Crippen molar-refractivity contribution in [3.63, 3.8) is 0 Å². The van der Waals surface area contributed by atoms with Gasteiger partial charge in [-0.05, 0) is 49.9 Å². The monoisotopic (exact) mass is 444 g/mol. The summed E-state index contributed by atoms with van der Waals surface area (Å²) >= 11 is 0. The molecule has 1 aromatic heterocycles. The summed E-state index contributed by atoms with van der Waals surface area (Å²) in [4.78, 5) is 28.3. The largest absolute Gasteiger partial charge is 0.348 e. The quantitative estimate of drug-likeness (QED) is 0.633. The van der Waals surface area contributed by atoms with Crippen LogP contribution >= 0.6 is 0 Å². The molecule has 2 N–H and O–H groups in total. The van der Waals surface area contributed by atoms with Gasteiger partial charge in [0.05, 0.1) is 4.90 Å². The molecule has 1 saturated heterocycles. The number of carbonyl (C=O) groups is 2. The first-order valence-corrected chi connectivity index (χ1v) is 11.9. The van der Waals surface area contributed by atoms with Gasteiger partial charge in [-0.3, -0.25) is 14.6 Å². The molecule has 2 amide bonds. The van der Waals surface area contributed by atoms with Crippen LogP contribution in [0.4, 0.5) is 0 Å². The summed E-state index contributed by atoms with van der Waals surface area (Å²) in [7, 11) is -3.60. The molecule has 3 rings (SSSR count). The summed E-state index contributed by atoms with van der Waals surface area (Å²) in [6, 6.07) is 10.2. The van der Waals surface area contributed by atoms with E-state index in [1.807, 2.05) is 6.92 Å². The third-order valence-electron chi connectivity index (χ3n) is 5.35. The molecule has 2 aromatic rings. The van der Waals surface area contributed by atoms with Gasteiger partial charge >= 0.3 is 11.8 Å². The van der Waals surface area contributed by atoms with Crippen LogP contribution in [0, 0.1) is 6.92 Å². The van der Waals surface area contributed by atoms with E-state index in [0.29, 0.717) is 13.0 Å².